The van der Waals surface area contributed by atoms with Crippen molar-refractivity contribution >= 4 is 21.4 Å². The van der Waals surface area contributed by atoms with Gasteiger partial charge in [-0.1, -0.05) is 6.07 Å². The fraction of sp³-hybridized carbons (Fsp3) is 0.571. The van der Waals surface area contributed by atoms with Gasteiger partial charge in [-0.05, 0) is 30.5 Å². The summed E-state index contributed by atoms with van der Waals surface area (Å²) in [5, 5.41) is 3.44. The van der Waals surface area contributed by atoms with Crippen LogP contribution in [0.2, 0.25) is 0 Å². The molecule has 0 atom stereocenters. The summed E-state index contributed by atoms with van der Waals surface area (Å²) >= 11 is 0. The van der Waals surface area contributed by atoms with Crippen molar-refractivity contribution in [3.05, 3.63) is 23.8 Å². The van der Waals surface area contributed by atoms with E-state index in [4.69, 9.17) is 0 Å². The molecule has 0 unspecified atom stereocenters. The van der Waals surface area contributed by atoms with Gasteiger partial charge in [0.25, 0.3) is 0 Å². The normalized spacial score (nSPS) is 20.4. The van der Waals surface area contributed by atoms with Crippen molar-refractivity contribution < 1.29 is 8.42 Å². The molecule has 20 heavy (non-hydrogen) atoms. The smallest absolute Gasteiger partial charge is 0.211 e. The molecule has 3 rings (SSSR count). The lowest BCUT2D eigenvalue weighted by Crippen LogP contribution is -2.48. The third-order valence-corrected chi connectivity index (χ3v) is 5.42. The van der Waals surface area contributed by atoms with Gasteiger partial charge in [0.2, 0.25) is 10.0 Å². The van der Waals surface area contributed by atoms with E-state index in [1.165, 1.54) is 23.2 Å². The first kappa shape index (κ1) is 13.7. The Labute approximate surface area is 120 Å². The monoisotopic (exact) mass is 295 g/mol. The Morgan fingerprint density at radius 2 is 1.90 bits per heavy atom. The third kappa shape index (κ3) is 2.62. The first-order valence-electron chi connectivity index (χ1n) is 7.11. The summed E-state index contributed by atoms with van der Waals surface area (Å²) in [5.41, 5.74) is 3.88. The van der Waals surface area contributed by atoms with E-state index in [0.29, 0.717) is 13.1 Å². The van der Waals surface area contributed by atoms with Crippen molar-refractivity contribution in [2.24, 2.45) is 0 Å². The van der Waals surface area contributed by atoms with Crippen molar-refractivity contribution in [3.8, 4) is 0 Å². The Morgan fingerprint density at radius 1 is 1.15 bits per heavy atom. The Bertz CT molecular complexity index is 592. The van der Waals surface area contributed by atoms with Crippen LogP contribution < -0.4 is 10.2 Å². The number of nitrogens with one attached hydrogen (secondary N) is 1. The number of hydrogen-bond donors (Lipinski definition) is 1. The topological polar surface area (TPSA) is 52.7 Å². The number of piperazine rings is 1. The molecular weight excluding hydrogens is 274 g/mol. The highest BCUT2D eigenvalue weighted by molar-refractivity contribution is 7.88. The standard InChI is InChI=1S/C14H21N3O2S/c1-20(18,19)17-10-8-16(9-11-17)14-6-2-5-13-12(14)4-3-7-15-13/h2,5-6,15H,3-4,7-11H2,1H3. The summed E-state index contributed by atoms with van der Waals surface area (Å²) in [4.78, 5) is 2.31. The number of anilines is 2. The minimum absolute atomic E-state index is 0.579. The van der Waals surface area contributed by atoms with Gasteiger partial charge >= 0.3 is 0 Å². The van der Waals surface area contributed by atoms with Gasteiger partial charge in [-0.15, -0.1) is 0 Å². The Balaban J connectivity index is 1.79. The fourth-order valence-corrected chi connectivity index (χ4v) is 3.87. The van der Waals surface area contributed by atoms with Crippen LogP contribution in [-0.4, -0.2) is 51.7 Å². The van der Waals surface area contributed by atoms with Crippen LogP contribution in [-0.2, 0) is 16.4 Å². The second-order valence-electron chi connectivity index (χ2n) is 5.48. The minimum Gasteiger partial charge on any atom is -0.385 e. The van der Waals surface area contributed by atoms with Crippen LogP contribution in [0.25, 0.3) is 0 Å². The summed E-state index contributed by atoms with van der Waals surface area (Å²) in [7, 11) is -3.05. The molecule has 0 bridgehead atoms. The lowest BCUT2D eigenvalue weighted by molar-refractivity contribution is 0.387. The van der Waals surface area contributed by atoms with Crippen LogP contribution in [0.15, 0.2) is 18.2 Å². The molecule has 6 heteroatoms. The van der Waals surface area contributed by atoms with Crippen molar-refractivity contribution in [2.45, 2.75) is 12.8 Å². The summed E-state index contributed by atoms with van der Waals surface area (Å²) in [6.45, 7) is 3.73. The van der Waals surface area contributed by atoms with Gasteiger partial charge in [-0.2, -0.15) is 4.31 Å². The van der Waals surface area contributed by atoms with Crippen LogP contribution in [0.5, 0.6) is 0 Å². The summed E-state index contributed by atoms with van der Waals surface area (Å²) in [6.07, 6.45) is 3.55. The zero-order chi connectivity index (χ0) is 14.2. The molecule has 1 fully saturated rings. The number of nitrogens with zero attached hydrogens (tertiary/aromatic N) is 2. The maximum Gasteiger partial charge on any atom is 0.211 e. The molecule has 2 aliphatic rings. The Hall–Kier alpha value is -1.27. The highest BCUT2D eigenvalue weighted by Crippen LogP contribution is 2.32. The summed E-state index contributed by atoms with van der Waals surface area (Å²) in [6, 6.07) is 6.36. The lowest BCUT2D eigenvalue weighted by Gasteiger charge is -2.36. The molecule has 0 saturated carbocycles. The maximum absolute atomic E-state index is 11.6. The fourth-order valence-electron chi connectivity index (χ4n) is 3.05. The molecule has 2 heterocycles. The van der Waals surface area contributed by atoms with Gasteiger partial charge in [0.1, 0.15) is 0 Å². The average Bonchev–Trinajstić information content (AvgIpc) is 2.46. The van der Waals surface area contributed by atoms with E-state index in [1.54, 1.807) is 4.31 Å². The van der Waals surface area contributed by atoms with Gasteiger partial charge in [0, 0.05) is 44.1 Å². The number of hydrogen-bond acceptors (Lipinski definition) is 4. The molecule has 0 aromatic heterocycles. The molecule has 1 aromatic rings. The second kappa shape index (κ2) is 5.26. The van der Waals surface area contributed by atoms with Gasteiger partial charge in [0.15, 0.2) is 0 Å². The van der Waals surface area contributed by atoms with Gasteiger partial charge in [-0.3, -0.25) is 0 Å². The molecule has 0 amide bonds. The van der Waals surface area contributed by atoms with Gasteiger partial charge in [-0.25, -0.2) is 8.42 Å². The highest BCUT2D eigenvalue weighted by Gasteiger charge is 2.25. The van der Waals surface area contributed by atoms with Crippen molar-refractivity contribution in [1.82, 2.24) is 4.31 Å². The number of benzene rings is 1. The molecule has 1 aromatic carbocycles. The zero-order valence-corrected chi connectivity index (χ0v) is 12.6. The summed E-state index contributed by atoms with van der Waals surface area (Å²) in [5.74, 6) is 0. The van der Waals surface area contributed by atoms with E-state index in [2.05, 4.69) is 28.4 Å². The molecule has 0 aliphatic carbocycles. The predicted octanol–water partition coefficient (Wildman–Crippen LogP) is 1.13. The lowest BCUT2D eigenvalue weighted by atomic mass is 10.0. The van der Waals surface area contributed by atoms with Crippen LogP contribution in [0.1, 0.15) is 12.0 Å². The molecule has 0 radical (unpaired) electrons. The van der Waals surface area contributed by atoms with E-state index in [0.717, 1.165) is 32.5 Å². The molecule has 1 N–H and O–H groups in total. The second-order valence-corrected chi connectivity index (χ2v) is 7.47. The van der Waals surface area contributed by atoms with E-state index in [9.17, 15) is 8.42 Å². The SMILES string of the molecule is CS(=O)(=O)N1CCN(c2cccc3c2CCCN3)CC1. The van der Waals surface area contributed by atoms with E-state index >= 15 is 0 Å². The van der Waals surface area contributed by atoms with Crippen molar-refractivity contribution in [3.63, 3.8) is 0 Å². The van der Waals surface area contributed by atoms with Crippen molar-refractivity contribution in [2.75, 3.05) is 49.2 Å². The first-order chi connectivity index (χ1) is 9.55. The maximum atomic E-state index is 11.6. The minimum atomic E-state index is -3.05. The van der Waals surface area contributed by atoms with Gasteiger partial charge in [0.05, 0.1) is 6.26 Å². The van der Waals surface area contributed by atoms with Crippen molar-refractivity contribution in [1.29, 1.82) is 0 Å². The summed E-state index contributed by atoms with van der Waals surface area (Å²) < 4.78 is 24.7. The van der Waals surface area contributed by atoms with Crippen LogP contribution in [0, 0.1) is 0 Å². The van der Waals surface area contributed by atoms with E-state index in [-0.39, 0.29) is 0 Å². The Morgan fingerprint density at radius 3 is 2.60 bits per heavy atom. The Kier molecular flexibility index (Phi) is 3.60. The number of rotatable bonds is 2. The molecular formula is C14H21N3O2S. The number of fused-ring (bicyclic) bond motifs is 1. The van der Waals surface area contributed by atoms with E-state index < -0.39 is 10.0 Å². The van der Waals surface area contributed by atoms with Crippen LogP contribution in [0.3, 0.4) is 0 Å². The molecule has 2 aliphatic heterocycles. The van der Waals surface area contributed by atoms with E-state index in [1.807, 2.05) is 0 Å². The molecule has 110 valence electrons. The highest BCUT2D eigenvalue weighted by atomic mass is 32.2. The third-order valence-electron chi connectivity index (χ3n) is 4.12. The average molecular weight is 295 g/mol. The molecule has 5 nitrogen and oxygen atoms in total. The molecule has 0 spiro atoms. The quantitative estimate of drug-likeness (QED) is 0.888. The van der Waals surface area contributed by atoms with Crippen LogP contribution >= 0.6 is 0 Å². The number of sulfonamides is 1. The largest absolute Gasteiger partial charge is 0.385 e. The predicted molar refractivity (Wildman–Crippen MR) is 81.9 cm³/mol. The zero-order valence-electron chi connectivity index (χ0n) is 11.8. The van der Waals surface area contributed by atoms with Crippen LogP contribution in [0.4, 0.5) is 11.4 Å². The van der Waals surface area contributed by atoms with Gasteiger partial charge < -0.3 is 10.2 Å². The first-order valence-corrected chi connectivity index (χ1v) is 8.96. The molecule has 1 saturated heterocycles.